The molecule has 19 heavy (non-hydrogen) atoms. The van der Waals surface area contributed by atoms with Crippen molar-refractivity contribution in [3.63, 3.8) is 0 Å². The van der Waals surface area contributed by atoms with E-state index in [-0.39, 0.29) is 6.04 Å². The lowest BCUT2D eigenvalue weighted by atomic mass is 10.1. The third kappa shape index (κ3) is 2.33. The number of nitrogens with one attached hydrogen (secondary N) is 1. The minimum atomic E-state index is 0.216. The van der Waals surface area contributed by atoms with E-state index >= 15 is 0 Å². The summed E-state index contributed by atoms with van der Waals surface area (Å²) in [5.74, 6) is 2.00. The molecule has 5 nitrogen and oxygen atoms in total. The van der Waals surface area contributed by atoms with Crippen molar-refractivity contribution in [3.05, 3.63) is 29.6 Å². The van der Waals surface area contributed by atoms with Gasteiger partial charge < -0.3 is 14.6 Å². The van der Waals surface area contributed by atoms with E-state index < -0.39 is 0 Å². The number of hydrogen-bond donors (Lipinski definition) is 1. The van der Waals surface area contributed by atoms with E-state index in [0.717, 1.165) is 42.1 Å². The van der Waals surface area contributed by atoms with Crippen molar-refractivity contribution < 1.29 is 9.26 Å². The van der Waals surface area contributed by atoms with Crippen molar-refractivity contribution in [2.24, 2.45) is 0 Å². The lowest BCUT2D eigenvalue weighted by Gasteiger charge is -2.05. The van der Waals surface area contributed by atoms with E-state index in [1.54, 1.807) is 7.11 Å². The Morgan fingerprint density at radius 2 is 2.32 bits per heavy atom. The van der Waals surface area contributed by atoms with Crippen molar-refractivity contribution in [2.75, 3.05) is 13.7 Å². The number of rotatable bonds is 3. The summed E-state index contributed by atoms with van der Waals surface area (Å²) in [5.41, 5.74) is 1.98. The molecule has 1 aliphatic rings. The summed E-state index contributed by atoms with van der Waals surface area (Å²) in [7, 11) is 1.64. The van der Waals surface area contributed by atoms with Gasteiger partial charge in [0.1, 0.15) is 5.75 Å². The molecule has 1 saturated heterocycles. The molecule has 0 radical (unpaired) electrons. The zero-order valence-electron chi connectivity index (χ0n) is 11.1. The minimum Gasteiger partial charge on any atom is -0.496 e. The van der Waals surface area contributed by atoms with Crippen molar-refractivity contribution in [1.29, 1.82) is 0 Å². The Hall–Kier alpha value is -1.88. The van der Waals surface area contributed by atoms with Gasteiger partial charge in [-0.05, 0) is 38.4 Å². The fraction of sp³-hybridized carbons (Fsp3) is 0.429. The van der Waals surface area contributed by atoms with E-state index in [1.165, 1.54) is 0 Å². The van der Waals surface area contributed by atoms with Crippen LogP contribution in [0.2, 0.25) is 0 Å². The van der Waals surface area contributed by atoms with Crippen molar-refractivity contribution >= 4 is 0 Å². The van der Waals surface area contributed by atoms with Gasteiger partial charge in [0.25, 0.3) is 5.89 Å². The van der Waals surface area contributed by atoms with Gasteiger partial charge in [-0.15, -0.1) is 0 Å². The second-order valence-corrected chi connectivity index (χ2v) is 4.81. The first-order chi connectivity index (χ1) is 9.28. The predicted molar refractivity (Wildman–Crippen MR) is 71.0 cm³/mol. The van der Waals surface area contributed by atoms with Gasteiger partial charge in [0.05, 0.1) is 18.7 Å². The molecule has 0 unspecified atom stereocenters. The van der Waals surface area contributed by atoms with Crippen LogP contribution in [-0.2, 0) is 0 Å². The second kappa shape index (κ2) is 5.01. The third-order valence-corrected chi connectivity index (χ3v) is 3.40. The van der Waals surface area contributed by atoms with Gasteiger partial charge in [-0.1, -0.05) is 16.8 Å². The molecule has 0 aliphatic carbocycles. The van der Waals surface area contributed by atoms with Crippen LogP contribution in [0.15, 0.2) is 22.7 Å². The summed E-state index contributed by atoms with van der Waals surface area (Å²) in [4.78, 5) is 4.49. The van der Waals surface area contributed by atoms with Gasteiger partial charge in [0.15, 0.2) is 5.82 Å². The predicted octanol–water partition coefficient (Wildman–Crippen LogP) is 2.48. The van der Waals surface area contributed by atoms with Gasteiger partial charge in [0.2, 0.25) is 0 Å². The molecule has 3 rings (SSSR count). The molecule has 1 aromatic carbocycles. The molecule has 2 heterocycles. The van der Waals surface area contributed by atoms with Gasteiger partial charge in [0, 0.05) is 0 Å². The number of methoxy groups -OCH3 is 1. The monoisotopic (exact) mass is 259 g/mol. The summed E-state index contributed by atoms with van der Waals surface area (Å²) < 4.78 is 10.7. The fourth-order valence-corrected chi connectivity index (χ4v) is 2.38. The average molecular weight is 259 g/mol. The number of hydrogen-bond acceptors (Lipinski definition) is 5. The number of nitrogens with zero attached hydrogens (tertiary/aromatic N) is 2. The zero-order valence-corrected chi connectivity index (χ0v) is 11.1. The second-order valence-electron chi connectivity index (χ2n) is 4.81. The van der Waals surface area contributed by atoms with Gasteiger partial charge in [-0.2, -0.15) is 4.98 Å². The standard InChI is InChI=1S/C14H17N3O2/c1-9-5-6-12(18-2)10(8-9)14-16-13(17-19-14)11-4-3-7-15-11/h5-6,8,11,15H,3-4,7H2,1-2H3/t11-/m0/s1. The maximum absolute atomic E-state index is 5.38. The van der Waals surface area contributed by atoms with E-state index in [9.17, 15) is 0 Å². The van der Waals surface area contributed by atoms with Crippen LogP contribution < -0.4 is 10.1 Å². The van der Waals surface area contributed by atoms with Crippen LogP contribution in [0.25, 0.3) is 11.5 Å². The van der Waals surface area contributed by atoms with Crippen LogP contribution in [-0.4, -0.2) is 23.8 Å². The highest BCUT2D eigenvalue weighted by molar-refractivity contribution is 5.63. The van der Waals surface area contributed by atoms with Gasteiger partial charge in [-0.25, -0.2) is 0 Å². The highest BCUT2D eigenvalue weighted by Gasteiger charge is 2.23. The first-order valence-corrected chi connectivity index (χ1v) is 6.50. The fourth-order valence-electron chi connectivity index (χ4n) is 2.38. The molecule has 1 aliphatic heterocycles. The molecule has 1 aromatic heterocycles. The van der Waals surface area contributed by atoms with E-state index in [2.05, 4.69) is 15.5 Å². The van der Waals surface area contributed by atoms with E-state index in [1.807, 2.05) is 25.1 Å². The van der Waals surface area contributed by atoms with Crippen molar-refractivity contribution in [2.45, 2.75) is 25.8 Å². The molecule has 0 saturated carbocycles. The summed E-state index contributed by atoms with van der Waals surface area (Å²) >= 11 is 0. The van der Waals surface area contributed by atoms with E-state index in [4.69, 9.17) is 9.26 Å². The molecule has 100 valence electrons. The van der Waals surface area contributed by atoms with Crippen LogP contribution in [0, 0.1) is 6.92 Å². The highest BCUT2D eigenvalue weighted by atomic mass is 16.5. The summed E-state index contributed by atoms with van der Waals surface area (Å²) in [5, 5.41) is 7.44. The maximum Gasteiger partial charge on any atom is 0.261 e. The van der Waals surface area contributed by atoms with Crippen LogP contribution in [0.1, 0.15) is 30.3 Å². The Bertz CT molecular complexity index is 574. The minimum absolute atomic E-state index is 0.216. The first kappa shape index (κ1) is 12.2. The normalized spacial score (nSPS) is 18.7. The molecule has 1 N–H and O–H groups in total. The van der Waals surface area contributed by atoms with Crippen LogP contribution >= 0.6 is 0 Å². The lowest BCUT2D eigenvalue weighted by Crippen LogP contribution is -2.14. The lowest BCUT2D eigenvalue weighted by molar-refractivity contribution is 0.398. The molecule has 1 fully saturated rings. The molecule has 0 amide bonds. The van der Waals surface area contributed by atoms with Gasteiger partial charge in [-0.3, -0.25) is 0 Å². The summed E-state index contributed by atoms with van der Waals surface area (Å²) in [6, 6.07) is 6.13. The molecular formula is C14H17N3O2. The molecule has 5 heteroatoms. The summed E-state index contributed by atoms with van der Waals surface area (Å²) in [6.07, 6.45) is 2.21. The molecule has 0 bridgehead atoms. The van der Waals surface area contributed by atoms with Crippen molar-refractivity contribution in [1.82, 2.24) is 15.5 Å². The van der Waals surface area contributed by atoms with Crippen LogP contribution in [0.3, 0.4) is 0 Å². The Kier molecular flexibility index (Phi) is 3.21. The maximum atomic E-state index is 5.38. The van der Waals surface area contributed by atoms with Crippen molar-refractivity contribution in [3.8, 4) is 17.2 Å². The Balaban J connectivity index is 1.95. The molecule has 1 atom stereocenters. The third-order valence-electron chi connectivity index (χ3n) is 3.40. The smallest absolute Gasteiger partial charge is 0.261 e. The molecule has 2 aromatic rings. The topological polar surface area (TPSA) is 60.2 Å². The first-order valence-electron chi connectivity index (χ1n) is 6.50. The Morgan fingerprint density at radius 1 is 1.42 bits per heavy atom. The SMILES string of the molecule is COc1ccc(C)cc1-c1nc([C@@H]2CCCN2)no1. The van der Waals surface area contributed by atoms with Gasteiger partial charge >= 0.3 is 0 Å². The summed E-state index contributed by atoms with van der Waals surface area (Å²) in [6.45, 7) is 3.04. The highest BCUT2D eigenvalue weighted by Crippen LogP contribution is 2.31. The molecule has 0 spiro atoms. The number of aryl methyl sites for hydroxylation is 1. The number of ether oxygens (including phenoxy) is 1. The van der Waals surface area contributed by atoms with Crippen LogP contribution in [0.5, 0.6) is 5.75 Å². The molecular weight excluding hydrogens is 242 g/mol. The van der Waals surface area contributed by atoms with Crippen LogP contribution in [0.4, 0.5) is 0 Å². The number of benzene rings is 1. The largest absolute Gasteiger partial charge is 0.496 e. The average Bonchev–Trinajstić information content (AvgIpc) is 3.09. The Labute approximate surface area is 112 Å². The van der Waals surface area contributed by atoms with E-state index in [0.29, 0.717) is 5.89 Å². The Morgan fingerprint density at radius 3 is 3.05 bits per heavy atom. The number of aromatic nitrogens is 2. The zero-order chi connectivity index (χ0) is 13.2. The quantitative estimate of drug-likeness (QED) is 0.917.